The van der Waals surface area contributed by atoms with Crippen molar-refractivity contribution < 1.29 is 14.7 Å². The monoisotopic (exact) mass is 384 g/mol. The summed E-state index contributed by atoms with van der Waals surface area (Å²) in [6, 6.07) is 7.98. The number of anilines is 1. The largest absolute Gasteiger partial charge is 0.480 e. The van der Waals surface area contributed by atoms with Crippen LogP contribution in [0.3, 0.4) is 0 Å². The van der Waals surface area contributed by atoms with E-state index in [2.05, 4.69) is 31.4 Å². The fourth-order valence-electron chi connectivity index (χ4n) is 2.56. The molecule has 0 heterocycles. The number of Topliss-reactive ketones (excluding diaryl/α,β-unsaturated/α-hetero) is 1. The van der Waals surface area contributed by atoms with Crippen molar-refractivity contribution in [1.82, 2.24) is 0 Å². The number of carbonyl (C=O) groups excluding carboxylic acids is 1. The molecular formula is C18H28N2O3S2. The van der Waals surface area contributed by atoms with Crippen LogP contribution in [-0.4, -0.2) is 47.0 Å². The first-order valence-electron chi connectivity index (χ1n) is 8.42. The fourth-order valence-corrected chi connectivity index (χ4v) is 3.92. The molecule has 0 fully saturated rings. The Morgan fingerprint density at radius 1 is 1.28 bits per heavy atom. The predicted octanol–water partition coefficient (Wildman–Crippen LogP) is 2.68. The van der Waals surface area contributed by atoms with Crippen molar-refractivity contribution >= 4 is 41.8 Å². The Kier molecular flexibility index (Phi) is 8.82. The van der Waals surface area contributed by atoms with Gasteiger partial charge in [0.1, 0.15) is 0 Å². The van der Waals surface area contributed by atoms with Gasteiger partial charge in [-0.1, -0.05) is 19.1 Å². The summed E-state index contributed by atoms with van der Waals surface area (Å²) >= 11 is 5.20. The molecule has 5 nitrogen and oxygen atoms in total. The number of hydrogen-bond acceptors (Lipinski definition) is 6. The number of carbonyl (C=O) groups is 2. The minimum atomic E-state index is -1.63. The lowest BCUT2D eigenvalue weighted by Crippen LogP contribution is -2.52. The molecule has 2 atom stereocenters. The summed E-state index contributed by atoms with van der Waals surface area (Å²) in [4.78, 5) is 26.6. The highest BCUT2D eigenvalue weighted by atomic mass is 32.2. The van der Waals surface area contributed by atoms with E-state index in [1.54, 1.807) is 6.92 Å². The number of carboxylic acids is 1. The number of thiol groups is 1. The highest BCUT2D eigenvalue weighted by molar-refractivity contribution is 8.01. The molecule has 1 rings (SSSR count). The highest BCUT2D eigenvalue weighted by Crippen LogP contribution is 2.32. The van der Waals surface area contributed by atoms with Crippen LogP contribution in [-0.2, 0) is 15.3 Å². The molecule has 1 unspecified atom stereocenters. The van der Waals surface area contributed by atoms with Crippen molar-refractivity contribution in [3.63, 3.8) is 0 Å². The molecule has 140 valence electrons. The zero-order chi connectivity index (χ0) is 19.0. The number of benzene rings is 1. The first-order chi connectivity index (χ1) is 11.9. The van der Waals surface area contributed by atoms with E-state index in [-0.39, 0.29) is 12.3 Å². The molecule has 1 aromatic carbocycles. The van der Waals surface area contributed by atoms with Gasteiger partial charge in [-0.2, -0.15) is 12.6 Å². The van der Waals surface area contributed by atoms with Gasteiger partial charge in [-0.05, 0) is 37.3 Å². The molecule has 0 aliphatic carbocycles. The Hall–Kier alpha value is -1.18. The predicted molar refractivity (Wildman–Crippen MR) is 109 cm³/mol. The summed E-state index contributed by atoms with van der Waals surface area (Å²) in [6.45, 7) is 7.50. The van der Waals surface area contributed by atoms with Crippen LogP contribution >= 0.6 is 24.4 Å². The summed E-state index contributed by atoms with van der Waals surface area (Å²) in [7, 11) is 0. The van der Waals surface area contributed by atoms with E-state index in [9.17, 15) is 14.7 Å². The molecule has 0 spiro atoms. The lowest BCUT2D eigenvalue weighted by atomic mass is 9.94. The first kappa shape index (κ1) is 21.9. The Morgan fingerprint density at radius 3 is 2.24 bits per heavy atom. The molecule has 0 radical (unpaired) electrons. The van der Waals surface area contributed by atoms with Crippen LogP contribution in [0.2, 0.25) is 0 Å². The Bertz CT molecular complexity index is 576. The summed E-state index contributed by atoms with van der Waals surface area (Å²) in [5.74, 6) is -1.30. The van der Waals surface area contributed by atoms with E-state index < -0.39 is 16.6 Å². The minimum Gasteiger partial charge on any atom is -0.480 e. The average Bonchev–Trinajstić information content (AvgIpc) is 2.63. The molecule has 0 bridgehead atoms. The summed E-state index contributed by atoms with van der Waals surface area (Å²) in [5, 5.41) is 9.64. The van der Waals surface area contributed by atoms with E-state index in [4.69, 9.17) is 5.73 Å². The van der Waals surface area contributed by atoms with Crippen molar-refractivity contribution in [2.75, 3.05) is 30.3 Å². The van der Waals surface area contributed by atoms with Crippen molar-refractivity contribution in [1.29, 1.82) is 0 Å². The lowest BCUT2D eigenvalue weighted by molar-refractivity contribution is -0.144. The van der Waals surface area contributed by atoms with Gasteiger partial charge in [-0.3, -0.25) is 9.59 Å². The van der Waals surface area contributed by atoms with E-state index in [0.717, 1.165) is 36.1 Å². The van der Waals surface area contributed by atoms with Crippen LogP contribution in [0, 0.1) is 5.92 Å². The zero-order valence-corrected chi connectivity index (χ0v) is 16.8. The molecule has 25 heavy (non-hydrogen) atoms. The van der Waals surface area contributed by atoms with Crippen molar-refractivity contribution in [3.05, 3.63) is 29.8 Å². The van der Waals surface area contributed by atoms with Gasteiger partial charge in [0.15, 0.2) is 10.5 Å². The lowest BCUT2D eigenvalue weighted by Gasteiger charge is -2.28. The van der Waals surface area contributed by atoms with Crippen LogP contribution in [0.1, 0.15) is 26.3 Å². The second-order valence-electron chi connectivity index (χ2n) is 5.91. The van der Waals surface area contributed by atoms with Crippen LogP contribution in [0.5, 0.6) is 0 Å². The molecule has 0 amide bonds. The maximum atomic E-state index is 12.6. The molecule has 7 heteroatoms. The van der Waals surface area contributed by atoms with Gasteiger partial charge in [-0.25, -0.2) is 0 Å². The SMILES string of the molecule is CCN(CC)c1ccc(CS[C@](CN)(C(=O)O)C(=O)C(C)CS)cc1. The second-order valence-corrected chi connectivity index (χ2v) is 7.55. The van der Waals surface area contributed by atoms with Gasteiger partial charge in [0, 0.05) is 37.0 Å². The average molecular weight is 385 g/mol. The number of aliphatic carboxylic acids is 1. The second kappa shape index (κ2) is 10.1. The Balaban J connectivity index is 2.93. The van der Waals surface area contributed by atoms with E-state index in [0.29, 0.717) is 11.5 Å². The van der Waals surface area contributed by atoms with Gasteiger partial charge >= 0.3 is 5.97 Å². The zero-order valence-electron chi connectivity index (χ0n) is 15.1. The molecule has 0 aromatic heterocycles. The van der Waals surface area contributed by atoms with Crippen LogP contribution < -0.4 is 10.6 Å². The Labute approximate surface area is 159 Å². The molecule has 1 aromatic rings. The quantitative estimate of drug-likeness (QED) is 0.402. The molecule has 0 aliphatic heterocycles. The Morgan fingerprint density at radius 2 is 1.84 bits per heavy atom. The number of hydrogen-bond donors (Lipinski definition) is 3. The third-order valence-corrected chi connectivity index (χ3v) is 6.36. The van der Waals surface area contributed by atoms with E-state index >= 15 is 0 Å². The summed E-state index contributed by atoms with van der Waals surface area (Å²) in [6.07, 6.45) is 0. The topological polar surface area (TPSA) is 83.6 Å². The van der Waals surface area contributed by atoms with Gasteiger partial charge in [-0.15, -0.1) is 11.8 Å². The molecular weight excluding hydrogens is 356 g/mol. The highest BCUT2D eigenvalue weighted by Gasteiger charge is 2.46. The smallest absolute Gasteiger partial charge is 0.328 e. The normalized spacial score (nSPS) is 14.6. The number of nitrogens with zero attached hydrogens (tertiary/aromatic N) is 1. The number of rotatable bonds is 11. The molecule has 0 saturated heterocycles. The van der Waals surface area contributed by atoms with Gasteiger partial charge < -0.3 is 15.7 Å². The number of nitrogens with two attached hydrogens (primary N) is 1. The molecule has 0 saturated carbocycles. The van der Waals surface area contributed by atoms with E-state index in [1.165, 1.54) is 0 Å². The molecule has 3 N–H and O–H groups in total. The third kappa shape index (κ3) is 5.15. The third-order valence-electron chi connectivity index (χ3n) is 4.30. The summed E-state index contributed by atoms with van der Waals surface area (Å²) in [5.41, 5.74) is 7.80. The standard InChI is InChI=1S/C18H28N2O3S2/c1-4-20(5-2)15-8-6-14(7-9-15)11-25-18(12-19,17(22)23)16(21)13(3)10-24/h6-9,13,24H,4-5,10-12,19H2,1-3H3,(H,22,23)/t13?,18-/m0/s1. The number of thioether (sulfide) groups is 1. The van der Waals surface area contributed by atoms with Crippen molar-refractivity contribution in [3.8, 4) is 0 Å². The minimum absolute atomic E-state index is 0.235. The number of carboxylic acid groups (broad SMARTS) is 1. The molecule has 0 aliphatic rings. The maximum absolute atomic E-state index is 12.6. The summed E-state index contributed by atoms with van der Waals surface area (Å²) < 4.78 is -1.63. The van der Waals surface area contributed by atoms with Crippen molar-refractivity contribution in [2.24, 2.45) is 11.7 Å². The van der Waals surface area contributed by atoms with Gasteiger partial charge in [0.2, 0.25) is 0 Å². The first-order valence-corrected chi connectivity index (χ1v) is 10.0. The maximum Gasteiger partial charge on any atom is 0.328 e. The van der Waals surface area contributed by atoms with Gasteiger partial charge in [0.25, 0.3) is 0 Å². The van der Waals surface area contributed by atoms with Crippen molar-refractivity contribution in [2.45, 2.75) is 31.3 Å². The van der Waals surface area contributed by atoms with Crippen LogP contribution in [0.15, 0.2) is 24.3 Å². The van der Waals surface area contributed by atoms with Gasteiger partial charge in [0.05, 0.1) is 0 Å². The fraction of sp³-hybridized carbons (Fsp3) is 0.556. The van der Waals surface area contributed by atoms with Crippen LogP contribution in [0.25, 0.3) is 0 Å². The van der Waals surface area contributed by atoms with E-state index in [1.807, 2.05) is 24.3 Å². The van der Waals surface area contributed by atoms with Crippen LogP contribution in [0.4, 0.5) is 5.69 Å². The number of ketones is 1.